The zero-order valence-corrected chi connectivity index (χ0v) is 27.1. The lowest BCUT2D eigenvalue weighted by Gasteiger charge is -2.28. The number of likely N-dealkylation sites (N-methyl/N-ethyl adjacent to an activating group) is 1. The number of nitrogens with zero attached hydrogens (tertiary/aromatic N) is 1. The van der Waals surface area contributed by atoms with Crippen LogP contribution in [0.5, 0.6) is 5.75 Å². The van der Waals surface area contributed by atoms with E-state index in [1.807, 2.05) is 73.7 Å². The van der Waals surface area contributed by atoms with Gasteiger partial charge < -0.3 is 25.6 Å². The summed E-state index contributed by atoms with van der Waals surface area (Å²) in [6.45, 7) is 2.99. The molecule has 248 valence electrons. The van der Waals surface area contributed by atoms with Crippen LogP contribution in [-0.4, -0.2) is 66.9 Å². The van der Waals surface area contributed by atoms with Gasteiger partial charge in [-0.3, -0.25) is 19.2 Å². The fourth-order valence-electron chi connectivity index (χ4n) is 5.98. The van der Waals surface area contributed by atoms with Crippen molar-refractivity contribution in [3.05, 3.63) is 138 Å². The van der Waals surface area contributed by atoms with Crippen molar-refractivity contribution in [2.45, 2.75) is 44.2 Å². The Kier molecular flexibility index (Phi) is 12.0. The minimum absolute atomic E-state index is 0.0323. The molecule has 0 aliphatic carbocycles. The second-order valence-corrected chi connectivity index (χ2v) is 11.8. The molecule has 4 aromatic rings. The molecule has 4 amide bonds. The summed E-state index contributed by atoms with van der Waals surface area (Å²) in [5, 5.41) is 8.59. The molecule has 1 aliphatic rings. The van der Waals surface area contributed by atoms with Crippen molar-refractivity contribution in [1.29, 1.82) is 0 Å². The van der Waals surface area contributed by atoms with E-state index < -0.39 is 29.8 Å². The van der Waals surface area contributed by atoms with Crippen LogP contribution in [0.15, 0.2) is 115 Å². The monoisotopic (exact) mass is 646 g/mol. The molecule has 0 saturated carbocycles. The summed E-state index contributed by atoms with van der Waals surface area (Å²) in [6.07, 6.45) is 0.519. The van der Waals surface area contributed by atoms with Crippen LogP contribution in [-0.2, 0) is 20.8 Å². The molecule has 0 spiro atoms. The summed E-state index contributed by atoms with van der Waals surface area (Å²) in [7, 11) is 0. The smallest absolute Gasteiger partial charge is 0.255 e. The van der Waals surface area contributed by atoms with Crippen molar-refractivity contribution in [1.82, 2.24) is 20.9 Å². The number of carbonyl (C=O) groups excluding carboxylic acids is 4. The third-order valence-electron chi connectivity index (χ3n) is 8.51. The molecule has 48 heavy (non-hydrogen) atoms. The van der Waals surface area contributed by atoms with Gasteiger partial charge in [0.05, 0.1) is 18.5 Å². The van der Waals surface area contributed by atoms with Crippen LogP contribution in [0.3, 0.4) is 0 Å². The number of fused-ring (bicyclic) bond motifs is 1. The van der Waals surface area contributed by atoms with E-state index in [9.17, 15) is 19.2 Å². The van der Waals surface area contributed by atoms with Gasteiger partial charge in [-0.25, -0.2) is 0 Å². The average Bonchev–Trinajstić information content (AvgIpc) is 3.12. The Labute approximate surface area is 281 Å². The summed E-state index contributed by atoms with van der Waals surface area (Å²) >= 11 is 0. The van der Waals surface area contributed by atoms with Crippen molar-refractivity contribution in [3.8, 4) is 5.75 Å². The Bertz CT molecular complexity index is 1630. The van der Waals surface area contributed by atoms with Gasteiger partial charge in [0.1, 0.15) is 24.4 Å². The highest BCUT2D eigenvalue weighted by atomic mass is 16.5. The normalized spacial score (nSPS) is 17.4. The number of rotatable bonds is 9. The van der Waals surface area contributed by atoms with Crippen molar-refractivity contribution in [2.75, 3.05) is 26.2 Å². The van der Waals surface area contributed by atoms with Gasteiger partial charge in [-0.15, -0.1) is 0 Å². The van der Waals surface area contributed by atoms with E-state index in [1.165, 1.54) is 0 Å². The number of benzene rings is 4. The van der Waals surface area contributed by atoms with E-state index in [2.05, 4.69) is 40.2 Å². The Morgan fingerprint density at radius 3 is 2.08 bits per heavy atom. The molecule has 0 bridgehead atoms. The largest absolute Gasteiger partial charge is 0.491 e. The van der Waals surface area contributed by atoms with Crippen molar-refractivity contribution in [3.63, 3.8) is 0 Å². The van der Waals surface area contributed by atoms with Gasteiger partial charge in [-0.2, -0.15) is 0 Å². The molecule has 1 heterocycles. The number of carbonyl (C=O) groups is 4. The van der Waals surface area contributed by atoms with Gasteiger partial charge in [-0.1, -0.05) is 103 Å². The van der Waals surface area contributed by atoms with Gasteiger partial charge in [0.2, 0.25) is 17.7 Å². The van der Waals surface area contributed by atoms with E-state index in [0.717, 1.165) is 16.7 Å². The first-order valence-electron chi connectivity index (χ1n) is 16.4. The second kappa shape index (κ2) is 16.9. The number of para-hydroxylation sites is 1. The van der Waals surface area contributed by atoms with Crippen LogP contribution in [0.4, 0.5) is 0 Å². The zero-order valence-electron chi connectivity index (χ0n) is 27.1. The van der Waals surface area contributed by atoms with Crippen molar-refractivity contribution < 1.29 is 23.9 Å². The molecule has 1 aliphatic heterocycles. The predicted molar refractivity (Wildman–Crippen MR) is 184 cm³/mol. The SMILES string of the molecule is CCN1CCOc2ccccc2C(=O)N[C@H](C(=O)NCCC(c2ccccc2)c2ccccc2)CC(=O)N[C@H](Cc2ccccc2)C1=O. The van der Waals surface area contributed by atoms with Gasteiger partial charge in [0.25, 0.3) is 5.91 Å². The molecule has 4 aromatic carbocycles. The van der Waals surface area contributed by atoms with Gasteiger partial charge in [-0.05, 0) is 42.2 Å². The molecule has 5 rings (SSSR count). The summed E-state index contributed by atoms with van der Waals surface area (Å²) in [4.78, 5) is 56.2. The Balaban J connectivity index is 1.37. The topological polar surface area (TPSA) is 117 Å². The van der Waals surface area contributed by atoms with Gasteiger partial charge in [0.15, 0.2) is 0 Å². The van der Waals surface area contributed by atoms with Crippen LogP contribution >= 0.6 is 0 Å². The molecule has 0 unspecified atom stereocenters. The van der Waals surface area contributed by atoms with E-state index in [1.54, 1.807) is 29.2 Å². The molecule has 3 N–H and O–H groups in total. The van der Waals surface area contributed by atoms with Crippen LogP contribution < -0.4 is 20.7 Å². The molecule has 9 heteroatoms. The van der Waals surface area contributed by atoms with Crippen LogP contribution in [0.2, 0.25) is 0 Å². The Morgan fingerprint density at radius 1 is 0.833 bits per heavy atom. The van der Waals surface area contributed by atoms with Crippen LogP contribution in [0.1, 0.15) is 52.7 Å². The quantitative estimate of drug-likeness (QED) is 0.248. The number of nitrogens with one attached hydrogen (secondary N) is 3. The lowest BCUT2D eigenvalue weighted by molar-refractivity contribution is -0.137. The number of ether oxygens (including phenoxy) is 1. The Morgan fingerprint density at radius 2 is 1.44 bits per heavy atom. The molecule has 0 radical (unpaired) electrons. The standard InChI is InChI=1S/C39H42N4O5/c1-2-43-24-25-48-35-21-13-12-20-32(35)37(45)42-33(27-36(44)41-34(39(43)47)26-28-14-6-3-7-15-28)38(46)40-23-22-31(29-16-8-4-9-17-29)30-18-10-5-11-19-30/h3-21,31,33-34H,2,22-27H2,1H3,(H,40,46)(H,41,44)(H,42,45)/t33-,34+/m0/s1. The molecule has 9 nitrogen and oxygen atoms in total. The third kappa shape index (κ3) is 9.09. The maximum atomic E-state index is 13.8. The number of hydrogen-bond acceptors (Lipinski definition) is 5. The third-order valence-corrected chi connectivity index (χ3v) is 8.51. The molecule has 0 fully saturated rings. The minimum Gasteiger partial charge on any atom is -0.491 e. The predicted octanol–water partition coefficient (Wildman–Crippen LogP) is 4.48. The second-order valence-electron chi connectivity index (χ2n) is 11.8. The van der Waals surface area contributed by atoms with E-state index >= 15 is 0 Å². The molecule has 0 saturated heterocycles. The lowest BCUT2D eigenvalue weighted by atomic mass is 9.88. The van der Waals surface area contributed by atoms with Crippen LogP contribution in [0.25, 0.3) is 0 Å². The number of amides is 4. The van der Waals surface area contributed by atoms with Gasteiger partial charge in [0, 0.05) is 25.4 Å². The first-order valence-corrected chi connectivity index (χ1v) is 16.4. The summed E-state index contributed by atoms with van der Waals surface area (Å²) in [6, 6.07) is 34.3. The maximum absolute atomic E-state index is 13.8. The highest BCUT2D eigenvalue weighted by Gasteiger charge is 2.30. The maximum Gasteiger partial charge on any atom is 0.255 e. The highest BCUT2D eigenvalue weighted by molar-refractivity contribution is 6.01. The van der Waals surface area contributed by atoms with E-state index in [-0.39, 0.29) is 43.4 Å². The van der Waals surface area contributed by atoms with Crippen LogP contribution in [0, 0.1) is 0 Å². The molecule has 0 aromatic heterocycles. The minimum atomic E-state index is -1.20. The van der Waals surface area contributed by atoms with Crippen molar-refractivity contribution >= 4 is 23.6 Å². The van der Waals surface area contributed by atoms with Crippen molar-refractivity contribution in [2.24, 2.45) is 0 Å². The fourth-order valence-corrected chi connectivity index (χ4v) is 5.98. The number of hydrogen-bond donors (Lipinski definition) is 3. The molecular weight excluding hydrogens is 604 g/mol. The summed E-state index contributed by atoms with van der Waals surface area (Å²) in [5.41, 5.74) is 3.36. The summed E-state index contributed by atoms with van der Waals surface area (Å²) < 4.78 is 5.99. The first kappa shape index (κ1) is 33.9. The Hall–Kier alpha value is -5.44. The highest BCUT2D eigenvalue weighted by Crippen LogP contribution is 2.27. The van der Waals surface area contributed by atoms with E-state index in [4.69, 9.17) is 4.74 Å². The zero-order chi connectivity index (χ0) is 33.7. The summed E-state index contributed by atoms with van der Waals surface area (Å²) in [5.74, 6) is -1.44. The fraction of sp³-hybridized carbons (Fsp3) is 0.282. The van der Waals surface area contributed by atoms with Gasteiger partial charge >= 0.3 is 0 Å². The lowest BCUT2D eigenvalue weighted by Crippen LogP contribution is -2.54. The molecular formula is C39H42N4O5. The average molecular weight is 647 g/mol. The molecule has 2 atom stereocenters. The first-order chi connectivity index (χ1) is 23.4. The van der Waals surface area contributed by atoms with E-state index in [0.29, 0.717) is 25.3 Å².